The number of halogens is 8. The Bertz CT molecular complexity index is 4390. The van der Waals surface area contributed by atoms with Crippen molar-refractivity contribution in [3.05, 3.63) is 209 Å². The van der Waals surface area contributed by atoms with Gasteiger partial charge in [0.15, 0.2) is 6.29 Å². The van der Waals surface area contributed by atoms with E-state index in [1.165, 1.54) is 11.8 Å². The first kappa shape index (κ1) is 83.2. The van der Waals surface area contributed by atoms with Crippen LogP contribution in [0.4, 0.5) is 0 Å². The van der Waals surface area contributed by atoms with E-state index in [0.29, 0.717) is 33.2 Å². The summed E-state index contributed by atoms with van der Waals surface area (Å²) in [5.41, 5.74) is 15.1. The average molecular weight is 1780 g/mol. The summed E-state index contributed by atoms with van der Waals surface area (Å²) >= 11 is 27.1. The number of thiol groups is 1. The van der Waals surface area contributed by atoms with E-state index in [4.69, 9.17) is 35.5 Å². The van der Waals surface area contributed by atoms with Crippen LogP contribution in [0.15, 0.2) is 185 Å². The van der Waals surface area contributed by atoms with Crippen LogP contribution >= 0.6 is 137 Å². The Kier molecular flexibility index (Phi) is 41.2. The molecule has 23 nitrogen and oxygen atoms in total. The largest absolute Gasteiger partial charge is 0 e. The Morgan fingerprint density at radius 3 is 1.25 bits per heavy atom. The number of aryl methyl sites for hydroxylation is 2. The molecule has 0 aliphatic rings. The minimum atomic E-state index is -0.833. The number of hydrogen-bond acceptors (Lipinski definition) is 22. The number of carbonyl (C=O) groups is 3. The molecule has 6 aromatic heterocycles. The molecule has 0 fully saturated rings. The zero-order chi connectivity index (χ0) is 66.7. The number of aromatic nitrogens is 12. The van der Waals surface area contributed by atoms with E-state index < -0.39 is 11.9 Å². The summed E-state index contributed by atoms with van der Waals surface area (Å²) in [5.74, 6) is 1.83. The van der Waals surface area contributed by atoms with Gasteiger partial charge in [0.05, 0.1) is 43.1 Å². The standard InChI is InChI=1S/C9H5Br3N2.C9H6BrN3O.C9H4BrN3.C9H5BrN2O.C9H7BrN2.C9H8N2.2C2H4O2.BHNS.ClH.Cu.H3NO/c10-6-2-1-5(9(11)12)7-8(6)14-4-3-13-7;10-7-2-1-6(5-13-14)8-9(7)12-4-3-11-8;10-7-2-1-6(5-11)8-9(7)13-4-3-12-8;10-7-2-1-6(5-13)8-9(7)12-4-3-11-8;1-6-2-3-7(10)9-8(6)11-4-5-12-9;1-7-3-2-4-8-9(7)11-6-5-10-8;2*1-2(3)4;1-2-3;;;1-2/h1-4,9H;1-5,14H;1-4H;1-5H;2-5H,1H3;2-6H,1H3;2*1H3,(H,3,4);3H;1H;;2H,1H2/b;13-5+;;;;;;;;;;. The molecule has 6 heterocycles. The third-order valence-electron chi connectivity index (χ3n) is 10.6. The fourth-order valence-electron chi connectivity index (χ4n) is 6.98. The van der Waals surface area contributed by atoms with Gasteiger partial charge in [-0.15, -0.1) is 12.4 Å². The van der Waals surface area contributed by atoms with E-state index in [1.807, 2.05) is 62.4 Å². The maximum absolute atomic E-state index is 10.6. The van der Waals surface area contributed by atoms with E-state index in [1.54, 1.807) is 105 Å². The van der Waals surface area contributed by atoms with Crippen molar-refractivity contribution < 1.29 is 52.1 Å². The number of aliphatic carboxylic acids is 2. The molecular weight excluding hydrogens is 1730 g/mol. The summed E-state index contributed by atoms with van der Waals surface area (Å²) in [7, 11) is 4.34. The van der Waals surface area contributed by atoms with Crippen molar-refractivity contribution in [1.29, 1.82) is 5.26 Å². The number of rotatable bonds is 3. The molecule has 2 radical (unpaired) electrons. The van der Waals surface area contributed by atoms with E-state index >= 15 is 0 Å². The topological polar surface area (TPSA) is 361 Å². The second kappa shape index (κ2) is 45.5. The molecule has 12 aromatic rings. The van der Waals surface area contributed by atoms with Gasteiger partial charge in [-0.2, -0.15) is 5.26 Å². The maximum Gasteiger partial charge on any atom is 0 e. The summed E-state index contributed by atoms with van der Waals surface area (Å²) in [4.78, 5) is 78.9. The number of fused-ring (bicyclic) bond motifs is 6. The Balaban J connectivity index is 0.000000530. The maximum atomic E-state index is 10.6. The van der Waals surface area contributed by atoms with Gasteiger partial charge in [0.2, 0.25) is 0 Å². The van der Waals surface area contributed by atoms with Gasteiger partial charge in [-0.1, -0.05) is 61.3 Å². The molecule has 6 aromatic carbocycles. The van der Waals surface area contributed by atoms with Crippen molar-refractivity contribution in [3.8, 4) is 6.07 Å². The Morgan fingerprint density at radius 1 is 0.522 bits per heavy atom. The third kappa shape index (κ3) is 26.7. The first-order chi connectivity index (χ1) is 43.2. The predicted molar refractivity (Wildman–Crippen MR) is 382 cm³/mol. The second-order valence-electron chi connectivity index (χ2n) is 16.6. The molecule has 34 heteroatoms. The molecule has 6 N–H and O–H groups in total. The Hall–Kier alpha value is -6.77. The Labute approximate surface area is 608 Å². The van der Waals surface area contributed by atoms with Crippen LogP contribution in [0.2, 0.25) is 0 Å². The number of nitrogens with two attached hydrogens (primary N) is 1. The van der Waals surface area contributed by atoms with Crippen molar-refractivity contribution in [3.63, 3.8) is 0 Å². The van der Waals surface area contributed by atoms with Crippen LogP contribution < -0.4 is 5.90 Å². The molecule has 0 spiro atoms. The van der Waals surface area contributed by atoms with Gasteiger partial charge in [0.1, 0.15) is 44.7 Å². The van der Waals surface area contributed by atoms with E-state index in [2.05, 4.69) is 213 Å². The minimum Gasteiger partial charge on any atom is 0 e. The third-order valence-corrected chi connectivity index (χ3v) is 14.7. The van der Waals surface area contributed by atoms with Crippen LogP contribution in [0.1, 0.15) is 55.8 Å². The number of nitriles is 1. The molecule has 0 unspecified atom stereocenters. The van der Waals surface area contributed by atoms with Crippen molar-refractivity contribution >= 4 is 235 Å². The van der Waals surface area contributed by atoms with Crippen molar-refractivity contribution in [1.82, 2.24) is 59.8 Å². The first-order valence-electron chi connectivity index (χ1n) is 24.8. The number of nitrogens with zero attached hydrogens (tertiary/aromatic N) is 15. The normalized spacial score (nSPS) is 9.58. The molecule has 478 valence electrons. The van der Waals surface area contributed by atoms with Gasteiger partial charge >= 0.3 is 24.8 Å². The molecule has 92 heavy (non-hydrogen) atoms. The molecule has 0 saturated heterocycles. The van der Waals surface area contributed by atoms with Gasteiger partial charge in [-0.25, -0.2) is 5.90 Å². The zero-order valence-corrected chi connectivity index (χ0v) is 61.6. The first-order valence-corrected chi connectivity index (χ1v) is 31.0. The average Bonchev–Trinajstić information content (AvgIpc) is 0.895. The molecule has 0 saturated carbocycles. The number of benzene rings is 6. The number of hydrogen-bond donors (Lipinski definition) is 6. The van der Waals surface area contributed by atoms with Crippen LogP contribution in [0.5, 0.6) is 0 Å². The molecule has 0 amide bonds. The SMILES string of the molecule is Brc1ccc(C(Br)Br)c2nccnc12.CC(=O)O.CC(=O)O.Cc1ccc(Br)c2nccnc12.Cc1cccc2nccnc12.Cl.N#Cc1ccc(Br)c2nccnc12.NO.O/N=C/c1ccc(Br)c2nccnc12.O=Cc1ccc(Br)c2nccnc12.[B]=NS.[Cu]. The van der Waals surface area contributed by atoms with Gasteiger partial charge in [-0.05, 0) is 159 Å². The monoisotopic (exact) mass is 1770 g/mol. The van der Waals surface area contributed by atoms with E-state index in [-0.39, 0.29) is 33.2 Å². The number of alkyl halides is 2. The summed E-state index contributed by atoms with van der Waals surface area (Å²) in [5, 5.41) is 41.6. The van der Waals surface area contributed by atoms with Crippen LogP contribution in [-0.4, -0.2) is 113 Å². The van der Waals surface area contributed by atoms with Crippen molar-refractivity contribution in [2.75, 3.05) is 0 Å². The van der Waals surface area contributed by atoms with Gasteiger partial charge in [0, 0.05) is 144 Å². The van der Waals surface area contributed by atoms with Gasteiger partial charge in [-0.3, -0.25) is 74.2 Å². The van der Waals surface area contributed by atoms with Gasteiger partial charge in [0.25, 0.3) is 11.9 Å². The Morgan fingerprint density at radius 2 is 0.837 bits per heavy atom. The predicted octanol–water partition coefficient (Wildman–Crippen LogP) is 15.6. The smallest absolute Gasteiger partial charge is 0 e. The van der Waals surface area contributed by atoms with Crippen LogP contribution in [-0.2, 0) is 26.7 Å². The molecule has 0 aliphatic carbocycles. The summed E-state index contributed by atoms with van der Waals surface area (Å²) < 4.78 is 7.33. The minimum absolute atomic E-state index is 0. The van der Waals surface area contributed by atoms with Crippen molar-refractivity contribution in [2.45, 2.75) is 31.4 Å². The number of oxime groups is 1. The van der Waals surface area contributed by atoms with Gasteiger partial charge < -0.3 is 20.6 Å². The van der Waals surface area contributed by atoms with Crippen LogP contribution in [0.3, 0.4) is 0 Å². The number of para-hydroxylation sites is 1. The number of carbonyl (C=O) groups excluding carboxylic acids is 1. The molecule has 0 atom stereocenters. The fraction of sp³-hybridized carbons (Fsp3) is 0.0862. The van der Waals surface area contributed by atoms with E-state index in [0.717, 1.165) is 103 Å². The molecule has 0 aliphatic heterocycles. The van der Waals surface area contributed by atoms with Crippen molar-refractivity contribution in [2.24, 2.45) is 15.4 Å². The second-order valence-corrected chi connectivity index (χ2v) is 24.1. The molecule has 12 rings (SSSR count). The fourth-order valence-corrected chi connectivity index (χ4v) is 9.83. The molecular formula is C58H48BBr7ClCuN16O7S. The quantitative estimate of drug-likeness (QED) is 0.0182. The molecule has 0 bridgehead atoms. The van der Waals surface area contributed by atoms with Crippen LogP contribution in [0.25, 0.3) is 66.2 Å². The van der Waals surface area contributed by atoms with E-state index in [9.17, 15) is 4.79 Å². The number of carboxylic acid groups (broad SMARTS) is 2. The summed E-state index contributed by atoms with van der Waals surface area (Å²) in [6, 6.07) is 26.8. The van der Waals surface area contributed by atoms with Crippen LogP contribution in [0, 0.1) is 25.2 Å². The number of aldehydes is 1. The summed E-state index contributed by atoms with van der Waals surface area (Å²) in [6.45, 7) is 6.24. The number of carboxylic acids is 2. The summed E-state index contributed by atoms with van der Waals surface area (Å²) in [6.07, 6.45) is 21.9. The zero-order valence-electron chi connectivity index (χ0n) is 47.8.